The van der Waals surface area contributed by atoms with Crippen molar-refractivity contribution in [2.75, 3.05) is 0 Å². The highest BCUT2D eigenvalue weighted by molar-refractivity contribution is 6.30. The Bertz CT molecular complexity index is 1280. The van der Waals surface area contributed by atoms with Crippen molar-refractivity contribution in [2.24, 2.45) is 21.7 Å². The van der Waals surface area contributed by atoms with Gasteiger partial charge in [-0.05, 0) is 101 Å². The smallest absolute Gasteiger partial charge is 0.313 e. The summed E-state index contributed by atoms with van der Waals surface area (Å²) in [5.74, 6) is -2.82. The van der Waals surface area contributed by atoms with Crippen LogP contribution in [0, 0.1) is 33.0 Å². The van der Waals surface area contributed by atoms with Gasteiger partial charge in [-0.15, -0.1) is 0 Å². The molecule has 0 saturated carbocycles. The fraction of sp³-hybridized carbons (Fsp3) is 0.667. The van der Waals surface area contributed by atoms with Crippen LogP contribution in [-0.2, 0) is 42.9 Å². The molecule has 4 unspecified atom stereocenters. The first kappa shape index (κ1) is 38.0. The molecule has 0 spiro atoms. The first-order chi connectivity index (χ1) is 20.4. The zero-order chi connectivity index (χ0) is 34.7. The van der Waals surface area contributed by atoms with Gasteiger partial charge < -0.3 is 23.7 Å². The minimum absolute atomic E-state index is 0.452. The number of carbonyl (C=O) groups is 4. The van der Waals surface area contributed by atoms with Gasteiger partial charge in [0.2, 0.25) is 12.4 Å². The van der Waals surface area contributed by atoms with Crippen LogP contribution in [0.3, 0.4) is 0 Å². The van der Waals surface area contributed by atoms with Crippen LogP contribution in [0.15, 0.2) is 24.3 Å². The summed E-state index contributed by atoms with van der Waals surface area (Å²) in [6, 6.07) is 7.55. The zero-order valence-electron chi connectivity index (χ0n) is 28.3. The third-order valence-electron chi connectivity index (χ3n) is 6.56. The Hall–Kier alpha value is -3.20. The average molecular weight is 651 g/mol. The van der Waals surface area contributed by atoms with E-state index in [0.29, 0.717) is 10.6 Å². The van der Waals surface area contributed by atoms with Crippen LogP contribution in [0.4, 0.5) is 0 Å². The fourth-order valence-corrected chi connectivity index (χ4v) is 3.76. The van der Waals surface area contributed by atoms with Crippen molar-refractivity contribution < 1.29 is 42.9 Å². The summed E-state index contributed by atoms with van der Waals surface area (Å²) in [7, 11) is 0. The number of esters is 4. The molecule has 11 nitrogen and oxygen atoms in total. The van der Waals surface area contributed by atoms with Crippen LogP contribution in [-0.4, -0.2) is 54.7 Å². The molecule has 1 saturated heterocycles. The first-order valence-corrected chi connectivity index (χ1v) is 15.1. The van der Waals surface area contributed by atoms with Crippen LogP contribution in [0.25, 0.3) is 0 Å². The molecule has 1 aliphatic rings. The van der Waals surface area contributed by atoms with Crippen molar-refractivity contribution in [1.82, 2.24) is 5.32 Å². The molecule has 0 radical (unpaired) electrons. The molecule has 0 aromatic heterocycles. The lowest BCUT2D eigenvalue weighted by atomic mass is 9.93. The van der Waals surface area contributed by atoms with Gasteiger partial charge in [-0.1, -0.05) is 23.7 Å². The normalized spacial score (nSPS) is 23.2. The Morgan fingerprint density at radius 3 is 1.47 bits per heavy atom. The molecule has 250 valence electrons. The predicted molar refractivity (Wildman–Crippen MR) is 165 cm³/mol. The van der Waals surface area contributed by atoms with E-state index in [9.17, 15) is 24.4 Å². The van der Waals surface area contributed by atoms with Crippen LogP contribution in [0.2, 0.25) is 5.02 Å². The van der Waals surface area contributed by atoms with Crippen molar-refractivity contribution >= 4 is 35.5 Å². The lowest BCUT2D eigenvalue weighted by Gasteiger charge is -2.46. The van der Waals surface area contributed by atoms with Gasteiger partial charge in [0.05, 0.1) is 27.7 Å². The number of hydrogen-bond donors (Lipinski definition) is 1. The Labute approximate surface area is 271 Å². The number of ether oxygens (including phenoxy) is 5. The third kappa shape index (κ3) is 10.4. The maximum absolute atomic E-state index is 13.4. The van der Waals surface area contributed by atoms with Gasteiger partial charge in [-0.25, -0.2) is 0 Å². The largest absolute Gasteiger partial charge is 0.454 e. The molecule has 0 amide bonds. The van der Waals surface area contributed by atoms with E-state index < -0.39 is 82.4 Å². The van der Waals surface area contributed by atoms with Crippen LogP contribution < -0.4 is 5.32 Å². The molecule has 1 fully saturated rings. The first-order valence-electron chi connectivity index (χ1n) is 14.8. The second kappa shape index (κ2) is 14.1. The number of carbonyl (C=O) groups excluding carboxylic acids is 4. The van der Waals surface area contributed by atoms with Gasteiger partial charge in [-0.3, -0.25) is 24.5 Å². The molecule has 1 aliphatic heterocycles. The molecule has 2 rings (SSSR count). The summed E-state index contributed by atoms with van der Waals surface area (Å²) in [5, 5.41) is 13.6. The Morgan fingerprint density at radius 1 is 0.689 bits per heavy atom. The van der Waals surface area contributed by atoms with Gasteiger partial charge in [-0.2, -0.15) is 5.26 Å². The highest BCUT2D eigenvalue weighted by atomic mass is 35.5. The van der Waals surface area contributed by atoms with E-state index >= 15 is 0 Å². The van der Waals surface area contributed by atoms with Gasteiger partial charge >= 0.3 is 23.9 Å². The zero-order valence-corrected chi connectivity index (χ0v) is 29.0. The summed E-state index contributed by atoms with van der Waals surface area (Å²) < 4.78 is 29.7. The lowest BCUT2D eigenvalue weighted by Crippen LogP contribution is -2.66. The van der Waals surface area contributed by atoms with Gasteiger partial charge in [0.25, 0.3) is 0 Å². The van der Waals surface area contributed by atoms with Crippen molar-refractivity contribution in [3.05, 3.63) is 34.9 Å². The second-order valence-electron chi connectivity index (χ2n) is 15.2. The Morgan fingerprint density at radius 2 is 1.07 bits per heavy atom. The molecular formula is C33H47ClN2O9. The van der Waals surface area contributed by atoms with Crippen LogP contribution in [0.5, 0.6) is 0 Å². The van der Waals surface area contributed by atoms with Gasteiger partial charge in [0, 0.05) is 5.02 Å². The Balaban J connectivity index is 2.78. The maximum Gasteiger partial charge on any atom is 0.313 e. The van der Waals surface area contributed by atoms with Crippen LogP contribution in [0.1, 0.15) is 94.7 Å². The highest BCUT2D eigenvalue weighted by Crippen LogP contribution is 2.35. The summed E-state index contributed by atoms with van der Waals surface area (Å²) in [6.45, 7) is 19.5. The highest BCUT2D eigenvalue weighted by Gasteiger charge is 2.56. The van der Waals surface area contributed by atoms with E-state index in [1.807, 2.05) is 0 Å². The summed E-state index contributed by atoms with van der Waals surface area (Å²) in [4.78, 5) is 53.1. The quantitative estimate of drug-likeness (QED) is 0.288. The lowest BCUT2D eigenvalue weighted by molar-refractivity contribution is -0.307. The van der Waals surface area contributed by atoms with Crippen molar-refractivity contribution in [3.63, 3.8) is 0 Å². The molecule has 1 aromatic carbocycles. The summed E-state index contributed by atoms with van der Waals surface area (Å²) >= 11 is 6.05. The average Bonchev–Trinajstić information content (AvgIpc) is 2.88. The molecule has 6 atom stereocenters. The number of nitriles is 1. The van der Waals surface area contributed by atoms with Crippen LogP contribution >= 0.6 is 11.6 Å². The standard InChI is InChI=1S/C33H47ClN2O9/c1-30(2,3)26(37)41-21-22(42-27(38)31(4,5)6)24(36-20(17-35)18-13-15-19(34)16-14-18)44-25(45-29(40)33(10,11)12)23(21)43-28(39)32(7,8)9/h13-16,20-25,36H,1-12H3/t20?,21-,22?,23-,24?,25?/m0/s1. The fourth-order valence-electron chi connectivity index (χ4n) is 3.64. The van der Waals surface area contributed by atoms with E-state index in [2.05, 4.69) is 11.4 Å². The Kier molecular flexibility index (Phi) is 11.9. The number of benzene rings is 1. The van der Waals surface area contributed by atoms with E-state index in [0.717, 1.165) is 0 Å². The van der Waals surface area contributed by atoms with E-state index in [1.54, 1.807) is 107 Å². The summed E-state index contributed by atoms with van der Waals surface area (Å²) in [5.41, 5.74) is -3.57. The molecule has 0 bridgehead atoms. The number of nitrogens with zero attached hydrogens (tertiary/aromatic N) is 1. The van der Waals surface area contributed by atoms with E-state index in [4.69, 9.17) is 35.3 Å². The molecule has 1 aromatic rings. The van der Waals surface area contributed by atoms with E-state index in [1.165, 1.54) is 0 Å². The van der Waals surface area contributed by atoms with Crippen molar-refractivity contribution in [2.45, 2.75) is 120 Å². The minimum Gasteiger partial charge on any atom is -0.454 e. The monoisotopic (exact) mass is 650 g/mol. The topological polar surface area (TPSA) is 150 Å². The molecule has 0 aliphatic carbocycles. The summed E-state index contributed by atoms with van der Waals surface area (Å²) in [6.07, 6.45) is -7.57. The van der Waals surface area contributed by atoms with Gasteiger partial charge in [0.1, 0.15) is 6.04 Å². The third-order valence-corrected chi connectivity index (χ3v) is 6.81. The predicted octanol–water partition coefficient (Wildman–Crippen LogP) is 5.64. The second-order valence-corrected chi connectivity index (χ2v) is 15.7. The molecule has 45 heavy (non-hydrogen) atoms. The molecule has 1 heterocycles. The maximum atomic E-state index is 13.4. The molecule has 12 heteroatoms. The molecule has 1 N–H and O–H groups in total. The van der Waals surface area contributed by atoms with Crippen molar-refractivity contribution in [3.8, 4) is 6.07 Å². The number of rotatable bonds is 7. The molecular weight excluding hydrogens is 604 g/mol. The SMILES string of the molecule is CC(C)(C)C(=O)OC1OC(NC(C#N)c2ccc(Cl)cc2)C(OC(=O)C(C)(C)C)[C@H](OC(=O)C(C)(C)C)[C@@H]1OC(=O)C(C)(C)C. The van der Waals surface area contributed by atoms with Crippen molar-refractivity contribution in [1.29, 1.82) is 5.26 Å². The number of halogens is 1. The minimum atomic E-state index is -1.63. The number of nitrogens with one attached hydrogen (secondary N) is 1. The van der Waals surface area contributed by atoms with E-state index in [-0.39, 0.29) is 0 Å². The number of hydrogen-bond acceptors (Lipinski definition) is 11. The van der Waals surface area contributed by atoms with Gasteiger partial charge in [0.15, 0.2) is 18.4 Å².